The molecule has 1 aromatic rings. The molecule has 2 N–H and O–H groups in total. The van der Waals surface area contributed by atoms with Crippen molar-refractivity contribution >= 4 is 29.2 Å². The molecule has 1 aliphatic heterocycles. The second-order valence-corrected chi connectivity index (χ2v) is 5.19. The number of alkyl halides is 3. The van der Waals surface area contributed by atoms with E-state index in [4.69, 9.17) is 11.6 Å². The van der Waals surface area contributed by atoms with E-state index in [0.717, 1.165) is 18.2 Å². The number of urea groups is 1. The van der Waals surface area contributed by atoms with Gasteiger partial charge in [0.25, 0.3) is 0 Å². The molecule has 0 radical (unpaired) electrons. The Balaban J connectivity index is 2.12. The van der Waals surface area contributed by atoms with Crippen molar-refractivity contribution in [3.63, 3.8) is 0 Å². The molecule has 1 saturated heterocycles. The van der Waals surface area contributed by atoms with E-state index in [1.165, 1.54) is 4.90 Å². The fourth-order valence-electron chi connectivity index (χ4n) is 2.08. The lowest BCUT2D eigenvalue weighted by Crippen LogP contribution is -2.56. The molecule has 1 aromatic carbocycles. The predicted molar refractivity (Wildman–Crippen MR) is 74.7 cm³/mol. The third kappa shape index (κ3) is 3.44. The highest BCUT2D eigenvalue weighted by Crippen LogP contribution is 2.35. The smallest absolute Gasteiger partial charge is 0.353 e. The molecule has 1 aliphatic rings. The summed E-state index contributed by atoms with van der Waals surface area (Å²) in [7, 11) is 0. The Kier molecular flexibility index (Phi) is 4.50. The van der Waals surface area contributed by atoms with Gasteiger partial charge >= 0.3 is 12.2 Å². The molecular formula is C13H13ClF3N3O2. The summed E-state index contributed by atoms with van der Waals surface area (Å²) in [4.78, 5) is 24.9. The Labute approximate surface area is 129 Å². The first-order valence-corrected chi connectivity index (χ1v) is 6.80. The fraction of sp³-hybridized carbons (Fsp3) is 0.385. The summed E-state index contributed by atoms with van der Waals surface area (Å²) in [5.74, 6) is -0.285. The number of hydrogen-bond acceptors (Lipinski definition) is 2. The number of nitrogens with zero attached hydrogens (tertiary/aromatic N) is 1. The van der Waals surface area contributed by atoms with Crippen LogP contribution in [0.15, 0.2) is 18.2 Å². The highest BCUT2D eigenvalue weighted by atomic mass is 35.5. The van der Waals surface area contributed by atoms with Gasteiger partial charge in [0.05, 0.1) is 10.6 Å². The molecule has 0 bridgehead atoms. The molecule has 0 aliphatic carbocycles. The number of rotatable bonds is 1. The Morgan fingerprint density at radius 2 is 2.14 bits per heavy atom. The molecule has 0 unspecified atom stereocenters. The van der Waals surface area contributed by atoms with Crippen molar-refractivity contribution in [3.05, 3.63) is 28.8 Å². The van der Waals surface area contributed by atoms with Crippen molar-refractivity contribution in [2.24, 2.45) is 0 Å². The van der Waals surface area contributed by atoms with Crippen LogP contribution in [0.4, 0.5) is 23.7 Å². The minimum atomic E-state index is -4.56. The summed E-state index contributed by atoms with van der Waals surface area (Å²) in [5, 5.41) is 4.54. The van der Waals surface area contributed by atoms with Crippen molar-refractivity contribution < 1.29 is 22.8 Å². The first kappa shape index (κ1) is 16.4. The van der Waals surface area contributed by atoms with Crippen LogP contribution in [0.5, 0.6) is 0 Å². The van der Waals surface area contributed by atoms with E-state index < -0.39 is 28.8 Å². The van der Waals surface area contributed by atoms with E-state index in [1.807, 2.05) is 0 Å². The molecule has 3 amide bonds. The van der Waals surface area contributed by atoms with Crippen LogP contribution in [0.2, 0.25) is 5.02 Å². The third-order valence-corrected chi connectivity index (χ3v) is 3.60. The van der Waals surface area contributed by atoms with Crippen LogP contribution in [0, 0.1) is 0 Å². The second kappa shape index (κ2) is 6.04. The quantitative estimate of drug-likeness (QED) is 0.829. The van der Waals surface area contributed by atoms with Gasteiger partial charge in [-0.1, -0.05) is 11.6 Å². The Bertz CT molecular complexity index is 607. The molecule has 0 spiro atoms. The first-order chi connectivity index (χ1) is 10.2. The molecule has 22 heavy (non-hydrogen) atoms. The number of benzene rings is 1. The van der Waals surface area contributed by atoms with Crippen LogP contribution in [-0.4, -0.2) is 36.0 Å². The number of carbonyl (C=O) groups is 2. The second-order valence-electron chi connectivity index (χ2n) is 4.78. The standard InChI is InChI=1S/C13H13ClF3N3O2/c1-7-11(21)18-4-5-20(7)12(22)19-8-2-3-9(10(14)6-8)13(15,16)17/h2-3,6-7H,4-5H2,1H3,(H,18,21)(H,19,22)/t7-/m0/s1. The molecule has 5 nitrogen and oxygen atoms in total. The van der Waals surface area contributed by atoms with Gasteiger partial charge in [0.15, 0.2) is 0 Å². The largest absolute Gasteiger partial charge is 0.417 e. The van der Waals surface area contributed by atoms with E-state index in [0.29, 0.717) is 13.1 Å². The van der Waals surface area contributed by atoms with Gasteiger partial charge in [-0.05, 0) is 25.1 Å². The zero-order valence-corrected chi connectivity index (χ0v) is 12.3. The van der Waals surface area contributed by atoms with Crippen LogP contribution in [0.25, 0.3) is 0 Å². The average Bonchev–Trinajstić information content (AvgIpc) is 2.40. The molecule has 120 valence electrons. The van der Waals surface area contributed by atoms with E-state index in [1.54, 1.807) is 6.92 Å². The Hall–Kier alpha value is -1.96. The van der Waals surface area contributed by atoms with Gasteiger partial charge in [0.2, 0.25) is 5.91 Å². The van der Waals surface area contributed by atoms with E-state index >= 15 is 0 Å². The van der Waals surface area contributed by atoms with Crippen LogP contribution in [0.1, 0.15) is 12.5 Å². The number of halogens is 4. The Morgan fingerprint density at radius 1 is 1.45 bits per heavy atom. The van der Waals surface area contributed by atoms with Gasteiger partial charge in [-0.15, -0.1) is 0 Å². The molecule has 9 heteroatoms. The summed E-state index contributed by atoms with van der Waals surface area (Å²) in [6, 6.07) is 1.71. The maximum absolute atomic E-state index is 12.6. The zero-order valence-electron chi connectivity index (χ0n) is 11.5. The number of nitrogens with one attached hydrogen (secondary N) is 2. The number of amides is 3. The van der Waals surface area contributed by atoms with Crippen LogP contribution >= 0.6 is 11.6 Å². The van der Waals surface area contributed by atoms with Gasteiger partial charge in [0.1, 0.15) is 6.04 Å². The minimum absolute atomic E-state index is 0.126. The maximum Gasteiger partial charge on any atom is 0.417 e. The van der Waals surface area contributed by atoms with Crippen molar-refractivity contribution in [2.75, 3.05) is 18.4 Å². The SMILES string of the molecule is C[C@H]1C(=O)NCCN1C(=O)Nc1ccc(C(F)(F)F)c(Cl)c1. The average molecular weight is 336 g/mol. The number of hydrogen-bond donors (Lipinski definition) is 2. The van der Waals surface area contributed by atoms with E-state index in [2.05, 4.69) is 10.6 Å². The number of piperazine rings is 1. The Morgan fingerprint density at radius 3 is 2.73 bits per heavy atom. The first-order valence-electron chi connectivity index (χ1n) is 6.42. The molecule has 2 rings (SSSR count). The van der Waals surface area contributed by atoms with Crippen molar-refractivity contribution in [1.29, 1.82) is 0 Å². The lowest BCUT2D eigenvalue weighted by molar-refractivity contribution is -0.137. The third-order valence-electron chi connectivity index (χ3n) is 3.29. The lowest BCUT2D eigenvalue weighted by Gasteiger charge is -2.32. The van der Waals surface area contributed by atoms with Crippen LogP contribution in [-0.2, 0) is 11.0 Å². The molecular weight excluding hydrogens is 323 g/mol. The van der Waals surface area contributed by atoms with Crippen molar-refractivity contribution in [1.82, 2.24) is 10.2 Å². The fourth-order valence-corrected chi connectivity index (χ4v) is 2.37. The van der Waals surface area contributed by atoms with Gasteiger partial charge < -0.3 is 15.5 Å². The molecule has 0 aromatic heterocycles. The van der Waals surface area contributed by atoms with Gasteiger partial charge in [-0.25, -0.2) is 4.79 Å². The molecule has 1 atom stereocenters. The topological polar surface area (TPSA) is 61.4 Å². The van der Waals surface area contributed by atoms with E-state index in [9.17, 15) is 22.8 Å². The number of anilines is 1. The summed E-state index contributed by atoms with van der Waals surface area (Å²) >= 11 is 5.59. The van der Waals surface area contributed by atoms with Crippen LogP contribution in [0.3, 0.4) is 0 Å². The van der Waals surface area contributed by atoms with Gasteiger partial charge in [-0.2, -0.15) is 13.2 Å². The molecule has 0 saturated carbocycles. The summed E-state index contributed by atoms with van der Waals surface area (Å²) in [6.45, 7) is 2.20. The summed E-state index contributed by atoms with van der Waals surface area (Å²) in [5.41, 5.74) is -0.848. The molecule has 1 fully saturated rings. The lowest BCUT2D eigenvalue weighted by atomic mass is 10.2. The molecule has 1 heterocycles. The van der Waals surface area contributed by atoms with Crippen molar-refractivity contribution in [3.8, 4) is 0 Å². The summed E-state index contributed by atoms with van der Waals surface area (Å²) in [6.07, 6.45) is -4.56. The zero-order chi connectivity index (χ0) is 16.5. The number of carbonyl (C=O) groups excluding carboxylic acids is 2. The van der Waals surface area contributed by atoms with Gasteiger partial charge in [0, 0.05) is 18.8 Å². The van der Waals surface area contributed by atoms with Crippen LogP contribution < -0.4 is 10.6 Å². The monoisotopic (exact) mass is 335 g/mol. The van der Waals surface area contributed by atoms with Crippen molar-refractivity contribution in [2.45, 2.75) is 19.1 Å². The minimum Gasteiger partial charge on any atom is -0.353 e. The summed E-state index contributed by atoms with van der Waals surface area (Å²) < 4.78 is 37.8. The van der Waals surface area contributed by atoms with E-state index in [-0.39, 0.29) is 11.6 Å². The maximum atomic E-state index is 12.6. The predicted octanol–water partition coefficient (Wildman–Crippen LogP) is 2.71. The highest BCUT2D eigenvalue weighted by Gasteiger charge is 2.33. The highest BCUT2D eigenvalue weighted by molar-refractivity contribution is 6.31. The van der Waals surface area contributed by atoms with Gasteiger partial charge in [-0.3, -0.25) is 4.79 Å². The normalized spacial score (nSPS) is 18.9.